The van der Waals surface area contributed by atoms with Crippen molar-refractivity contribution in [3.63, 3.8) is 0 Å². The zero-order valence-electron chi connectivity index (χ0n) is 7.75. The van der Waals surface area contributed by atoms with Gasteiger partial charge in [-0.15, -0.1) is 0 Å². The highest BCUT2D eigenvalue weighted by atomic mass is 16.4. The molecule has 1 saturated heterocycles. The quantitative estimate of drug-likeness (QED) is 0.601. The summed E-state index contributed by atoms with van der Waals surface area (Å²) in [5, 5.41) is 10.1. The maximum absolute atomic E-state index is 10.7. The summed E-state index contributed by atoms with van der Waals surface area (Å²) in [6.45, 7) is 0.648. The number of hydrogen-bond donors (Lipinski definition) is 2. The van der Waals surface area contributed by atoms with Crippen LogP contribution in [0.1, 0.15) is 38.5 Å². The lowest BCUT2D eigenvalue weighted by molar-refractivity contribution is 0.116. The smallest absolute Gasteiger partial charge is 0.421 e. The molecule has 4 heteroatoms. The number of carboxylic acid groups (broad SMARTS) is 1. The van der Waals surface area contributed by atoms with Gasteiger partial charge < -0.3 is 5.11 Å². The molecule has 1 aliphatic heterocycles. The van der Waals surface area contributed by atoms with E-state index in [1.54, 1.807) is 0 Å². The Hall–Kier alpha value is -0.770. The highest BCUT2D eigenvalue weighted by Crippen LogP contribution is 2.34. The van der Waals surface area contributed by atoms with Gasteiger partial charge in [-0.1, -0.05) is 19.3 Å². The van der Waals surface area contributed by atoms with Gasteiger partial charge in [0.05, 0.1) is 0 Å². The summed E-state index contributed by atoms with van der Waals surface area (Å²) in [6, 6.07) is 0. The van der Waals surface area contributed by atoms with E-state index in [1.807, 2.05) is 0 Å². The standard InChI is InChI=1S/C9H16N2O2/c12-8(13)11-7-6-9(10-11)4-2-1-3-5-9/h10H,1-7H2,(H,12,13). The summed E-state index contributed by atoms with van der Waals surface area (Å²) in [5.74, 6) is 0. The average Bonchev–Trinajstić information content (AvgIpc) is 2.51. The van der Waals surface area contributed by atoms with Gasteiger partial charge in [-0.05, 0) is 19.3 Å². The minimum atomic E-state index is -0.845. The Balaban J connectivity index is 1.98. The van der Waals surface area contributed by atoms with E-state index < -0.39 is 6.09 Å². The van der Waals surface area contributed by atoms with Crippen molar-refractivity contribution in [2.45, 2.75) is 44.1 Å². The summed E-state index contributed by atoms with van der Waals surface area (Å²) in [7, 11) is 0. The van der Waals surface area contributed by atoms with Crippen LogP contribution in [0, 0.1) is 0 Å². The summed E-state index contributed by atoms with van der Waals surface area (Å²) in [6.07, 6.45) is 6.19. The third-order valence-corrected chi connectivity index (χ3v) is 3.23. The molecular weight excluding hydrogens is 168 g/mol. The largest absolute Gasteiger partial charge is 0.464 e. The van der Waals surface area contributed by atoms with Crippen LogP contribution in [-0.2, 0) is 0 Å². The Labute approximate surface area is 77.9 Å². The van der Waals surface area contributed by atoms with Crippen LogP contribution in [-0.4, -0.2) is 28.3 Å². The van der Waals surface area contributed by atoms with Gasteiger partial charge >= 0.3 is 6.09 Å². The number of carbonyl (C=O) groups is 1. The summed E-state index contributed by atoms with van der Waals surface area (Å²) >= 11 is 0. The van der Waals surface area contributed by atoms with Gasteiger partial charge in [-0.25, -0.2) is 15.2 Å². The Morgan fingerprint density at radius 3 is 2.46 bits per heavy atom. The summed E-state index contributed by atoms with van der Waals surface area (Å²) < 4.78 is 0. The molecule has 1 heterocycles. The normalized spacial score (nSPS) is 26.6. The Bertz CT molecular complexity index is 212. The minimum Gasteiger partial charge on any atom is -0.464 e. The molecule has 2 aliphatic rings. The van der Waals surface area contributed by atoms with Gasteiger partial charge in [0.15, 0.2) is 0 Å². The predicted molar refractivity (Wildman–Crippen MR) is 48.3 cm³/mol. The Kier molecular flexibility index (Phi) is 2.15. The molecule has 0 radical (unpaired) electrons. The van der Waals surface area contributed by atoms with Crippen molar-refractivity contribution in [1.82, 2.24) is 10.4 Å². The van der Waals surface area contributed by atoms with Crippen LogP contribution in [0.5, 0.6) is 0 Å². The van der Waals surface area contributed by atoms with Crippen molar-refractivity contribution in [2.75, 3.05) is 6.54 Å². The predicted octanol–water partition coefficient (Wildman–Crippen LogP) is 1.58. The molecule has 1 saturated carbocycles. The van der Waals surface area contributed by atoms with Gasteiger partial charge in [0.25, 0.3) is 0 Å². The van der Waals surface area contributed by atoms with E-state index in [1.165, 1.54) is 24.3 Å². The van der Waals surface area contributed by atoms with Crippen molar-refractivity contribution >= 4 is 6.09 Å². The molecule has 1 aliphatic carbocycles. The maximum atomic E-state index is 10.7. The molecule has 4 nitrogen and oxygen atoms in total. The summed E-state index contributed by atoms with van der Waals surface area (Å²) in [4.78, 5) is 10.7. The van der Waals surface area contributed by atoms with Crippen LogP contribution in [0.4, 0.5) is 4.79 Å². The van der Waals surface area contributed by atoms with E-state index in [9.17, 15) is 4.79 Å². The van der Waals surface area contributed by atoms with Crippen LogP contribution in [0.3, 0.4) is 0 Å². The number of amides is 1. The van der Waals surface area contributed by atoms with Gasteiger partial charge in [-0.2, -0.15) is 0 Å². The lowest BCUT2D eigenvalue weighted by Crippen LogP contribution is -2.48. The third-order valence-electron chi connectivity index (χ3n) is 3.23. The molecule has 74 valence electrons. The Morgan fingerprint density at radius 1 is 1.23 bits per heavy atom. The molecule has 0 aromatic carbocycles. The number of hydrazine groups is 1. The highest BCUT2D eigenvalue weighted by Gasteiger charge is 2.39. The van der Waals surface area contributed by atoms with Gasteiger partial charge in [0.1, 0.15) is 0 Å². The van der Waals surface area contributed by atoms with Crippen molar-refractivity contribution in [3.05, 3.63) is 0 Å². The van der Waals surface area contributed by atoms with Crippen LogP contribution < -0.4 is 5.43 Å². The second kappa shape index (κ2) is 3.18. The van der Waals surface area contributed by atoms with E-state index in [-0.39, 0.29) is 5.54 Å². The number of nitrogens with zero attached hydrogens (tertiary/aromatic N) is 1. The zero-order chi connectivity index (χ0) is 9.31. The first-order valence-electron chi connectivity index (χ1n) is 5.00. The van der Waals surface area contributed by atoms with Crippen LogP contribution in [0.2, 0.25) is 0 Å². The molecule has 2 N–H and O–H groups in total. The van der Waals surface area contributed by atoms with Crippen LogP contribution in [0.25, 0.3) is 0 Å². The molecule has 0 aromatic rings. The molecular formula is C9H16N2O2. The zero-order valence-corrected chi connectivity index (χ0v) is 7.75. The lowest BCUT2D eigenvalue weighted by atomic mass is 9.81. The highest BCUT2D eigenvalue weighted by molar-refractivity contribution is 5.64. The van der Waals surface area contributed by atoms with Crippen molar-refractivity contribution < 1.29 is 9.90 Å². The fourth-order valence-corrected chi connectivity index (χ4v) is 2.46. The molecule has 1 spiro atoms. The first kappa shape index (κ1) is 8.81. The fraction of sp³-hybridized carbons (Fsp3) is 0.889. The SMILES string of the molecule is O=C(O)N1CCC2(CCCCC2)N1. The van der Waals surface area contributed by atoms with Crippen molar-refractivity contribution in [1.29, 1.82) is 0 Å². The second-order valence-electron chi connectivity index (χ2n) is 4.14. The van der Waals surface area contributed by atoms with E-state index in [4.69, 9.17) is 5.11 Å². The van der Waals surface area contributed by atoms with E-state index >= 15 is 0 Å². The Morgan fingerprint density at radius 2 is 1.92 bits per heavy atom. The van der Waals surface area contributed by atoms with Gasteiger partial charge in [-0.3, -0.25) is 0 Å². The fourth-order valence-electron chi connectivity index (χ4n) is 2.46. The maximum Gasteiger partial charge on any atom is 0.421 e. The second-order valence-corrected chi connectivity index (χ2v) is 4.14. The van der Waals surface area contributed by atoms with Crippen molar-refractivity contribution in [3.8, 4) is 0 Å². The molecule has 0 unspecified atom stereocenters. The van der Waals surface area contributed by atoms with E-state index in [0.717, 1.165) is 19.3 Å². The molecule has 2 fully saturated rings. The van der Waals surface area contributed by atoms with Gasteiger partial charge in [0.2, 0.25) is 0 Å². The van der Waals surface area contributed by atoms with E-state index in [2.05, 4.69) is 5.43 Å². The monoisotopic (exact) mass is 184 g/mol. The average molecular weight is 184 g/mol. The molecule has 0 bridgehead atoms. The topological polar surface area (TPSA) is 52.6 Å². The molecule has 1 amide bonds. The van der Waals surface area contributed by atoms with Crippen LogP contribution >= 0.6 is 0 Å². The number of hydrogen-bond acceptors (Lipinski definition) is 2. The minimum absolute atomic E-state index is 0.122. The lowest BCUT2D eigenvalue weighted by Gasteiger charge is -2.33. The molecule has 13 heavy (non-hydrogen) atoms. The van der Waals surface area contributed by atoms with E-state index in [0.29, 0.717) is 6.54 Å². The summed E-state index contributed by atoms with van der Waals surface area (Å²) in [5.41, 5.74) is 3.26. The number of rotatable bonds is 0. The molecule has 0 atom stereocenters. The van der Waals surface area contributed by atoms with Crippen molar-refractivity contribution in [2.24, 2.45) is 0 Å². The van der Waals surface area contributed by atoms with Crippen LogP contribution in [0.15, 0.2) is 0 Å². The number of nitrogens with one attached hydrogen (secondary N) is 1. The molecule has 0 aromatic heterocycles. The molecule has 2 rings (SSSR count). The first-order valence-corrected chi connectivity index (χ1v) is 5.00. The third kappa shape index (κ3) is 1.63. The van der Waals surface area contributed by atoms with Gasteiger partial charge in [0, 0.05) is 12.1 Å². The first-order chi connectivity index (χ1) is 6.22.